The standard InChI is InChI=1S/C12H22O/c1-8-9-5-6-12(4,10(8)13)11(2,3)7-9/h8-10,13H,5-7H2,1-4H3. The number of hydrogen-bond donors (Lipinski definition) is 1. The molecule has 2 bridgehead atoms. The van der Waals surface area contributed by atoms with Crippen LogP contribution in [0.2, 0.25) is 0 Å². The van der Waals surface area contributed by atoms with Gasteiger partial charge in [0.2, 0.25) is 0 Å². The topological polar surface area (TPSA) is 20.2 Å². The van der Waals surface area contributed by atoms with Crippen molar-refractivity contribution in [1.29, 1.82) is 0 Å². The van der Waals surface area contributed by atoms with E-state index in [2.05, 4.69) is 27.7 Å². The molecule has 0 aromatic heterocycles. The Morgan fingerprint density at radius 3 is 2.31 bits per heavy atom. The number of aliphatic hydroxyl groups excluding tert-OH is 1. The van der Waals surface area contributed by atoms with Crippen molar-refractivity contribution in [1.82, 2.24) is 0 Å². The quantitative estimate of drug-likeness (QED) is 0.611. The number of aliphatic hydroxyl groups is 1. The predicted octanol–water partition coefficient (Wildman–Crippen LogP) is 2.83. The smallest absolute Gasteiger partial charge is 0.0627 e. The van der Waals surface area contributed by atoms with Gasteiger partial charge >= 0.3 is 0 Å². The van der Waals surface area contributed by atoms with Crippen molar-refractivity contribution in [2.45, 2.75) is 53.1 Å². The summed E-state index contributed by atoms with van der Waals surface area (Å²) in [4.78, 5) is 0. The van der Waals surface area contributed by atoms with Gasteiger partial charge in [-0.05, 0) is 41.9 Å². The number of hydrogen-bond acceptors (Lipinski definition) is 1. The molecule has 0 aliphatic heterocycles. The van der Waals surface area contributed by atoms with Crippen LogP contribution in [0.1, 0.15) is 47.0 Å². The Morgan fingerprint density at radius 1 is 1.23 bits per heavy atom. The SMILES string of the molecule is CC1C2CCC(C)(C1O)C(C)(C)C2. The van der Waals surface area contributed by atoms with Crippen molar-refractivity contribution in [2.24, 2.45) is 22.7 Å². The van der Waals surface area contributed by atoms with Crippen LogP contribution in [0.25, 0.3) is 0 Å². The van der Waals surface area contributed by atoms with Crippen LogP contribution in [0.4, 0.5) is 0 Å². The van der Waals surface area contributed by atoms with E-state index in [0.717, 1.165) is 5.92 Å². The third-order valence-electron chi connectivity index (χ3n) is 5.25. The minimum absolute atomic E-state index is 0.0741. The fourth-order valence-electron chi connectivity index (χ4n) is 3.65. The first-order chi connectivity index (χ1) is 5.88. The Kier molecular flexibility index (Phi) is 1.83. The molecule has 3 aliphatic carbocycles. The van der Waals surface area contributed by atoms with Gasteiger partial charge in [-0.2, -0.15) is 0 Å². The van der Waals surface area contributed by atoms with E-state index in [1.54, 1.807) is 0 Å². The van der Waals surface area contributed by atoms with Gasteiger partial charge in [-0.3, -0.25) is 0 Å². The minimum Gasteiger partial charge on any atom is -0.392 e. The first-order valence-corrected chi connectivity index (χ1v) is 5.56. The summed E-state index contributed by atoms with van der Waals surface area (Å²) in [5.74, 6) is 1.29. The maximum Gasteiger partial charge on any atom is 0.0627 e. The molecule has 0 spiro atoms. The molecular weight excluding hydrogens is 160 g/mol. The zero-order valence-electron chi connectivity index (χ0n) is 9.30. The normalized spacial score (nSPS) is 53.8. The summed E-state index contributed by atoms with van der Waals surface area (Å²) in [5.41, 5.74) is 0.503. The van der Waals surface area contributed by atoms with Crippen LogP contribution in [0, 0.1) is 22.7 Å². The van der Waals surface area contributed by atoms with E-state index < -0.39 is 0 Å². The predicted molar refractivity (Wildman–Crippen MR) is 54.4 cm³/mol. The molecule has 0 heterocycles. The van der Waals surface area contributed by atoms with E-state index >= 15 is 0 Å². The van der Waals surface area contributed by atoms with Crippen LogP contribution < -0.4 is 0 Å². The maximum absolute atomic E-state index is 10.3. The highest BCUT2D eigenvalue weighted by Gasteiger charge is 2.57. The summed E-state index contributed by atoms with van der Waals surface area (Å²) in [5, 5.41) is 10.3. The molecule has 1 heteroatoms. The Hall–Kier alpha value is -0.0400. The molecule has 0 saturated heterocycles. The molecular formula is C12H22O. The van der Waals surface area contributed by atoms with Gasteiger partial charge in [0.15, 0.2) is 0 Å². The van der Waals surface area contributed by atoms with E-state index in [0.29, 0.717) is 11.3 Å². The van der Waals surface area contributed by atoms with E-state index in [4.69, 9.17) is 0 Å². The van der Waals surface area contributed by atoms with Gasteiger partial charge in [-0.15, -0.1) is 0 Å². The van der Waals surface area contributed by atoms with Crippen molar-refractivity contribution < 1.29 is 5.11 Å². The first kappa shape index (κ1) is 9.51. The molecule has 3 saturated carbocycles. The van der Waals surface area contributed by atoms with Crippen LogP contribution in [-0.4, -0.2) is 11.2 Å². The average Bonchev–Trinajstić information content (AvgIpc) is 2.04. The average molecular weight is 182 g/mol. The summed E-state index contributed by atoms with van der Waals surface area (Å²) in [6.45, 7) is 9.16. The number of rotatable bonds is 0. The number of fused-ring (bicyclic) bond motifs is 3. The summed E-state index contributed by atoms with van der Waals surface area (Å²) in [6, 6.07) is 0. The van der Waals surface area contributed by atoms with Crippen LogP contribution in [0.5, 0.6) is 0 Å². The van der Waals surface area contributed by atoms with Gasteiger partial charge in [0.05, 0.1) is 6.10 Å². The molecule has 3 aliphatic rings. The zero-order chi connectivity index (χ0) is 9.85. The lowest BCUT2D eigenvalue weighted by Crippen LogP contribution is -2.58. The molecule has 3 rings (SSSR count). The Bertz CT molecular complexity index is 221. The maximum atomic E-state index is 10.3. The van der Waals surface area contributed by atoms with Crippen LogP contribution in [0.15, 0.2) is 0 Å². The van der Waals surface area contributed by atoms with Gasteiger partial charge in [-0.25, -0.2) is 0 Å². The second kappa shape index (κ2) is 2.50. The molecule has 0 aromatic rings. The van der Waals surface area contributed by atoms with E-state index in [-0.39, 0.29) is 11.5 Å². The molecule has 0 amide bonds. The molecule has 4 atom stereocenters. The van der Waals surface area contributed by atoms with Crippen molar-refractivity contribution in [3.63, 3.8) is 0 Å². The van der Waals surface area contributed by atoms with Gasteiger partial charge in [-0.1, -0.05) is 27.7 Å². The molecule has 1 N–H and O–H groups in total. The first-order valence-electron chi connectivity index (χ1n) is 5.56. The monoisotopic (exact) mass is 182 g/mol. The van der Waals surface area contributed by atoms with E-state index in [1.807, 2.05) is 0 Å². The summed E-state index contributed by atoms with van der Waals surface area (Å²) in [6.07, 6.45) is 3.78. The summed E-state index contributed by atoms with van der Waals surface area (Å²) in [7, 11) is 0. The van der Waals surface area contributed by atoms with Crippen molar-refractivity contribution >= 4 is 0 Å². The van der Waals surface area contributed by atoms with E-state index in [9.17, 15) is 5.11 Å². The van der Waals surface area contributed by atoms with Crippen LogP contribution >= 0.6 is 0 Å². The molecule has 0 aromatic carbocycles. The fourth-order valence-corrected chi connectivity index (χ4v) is 3.65. The minimum atomic E-state index is -0.0741. The lowest BCUT2D eigenvalue weighted by Gasteiger charge is -2.61. The third-order valence-corrected chi connectivity index (χ3v) is 5.25. The Labute approximate surface area is 81.5 Å². The summed E-state index contributed by atoms with van der Waals surface area (Å²) < 4.78 is 0. The lowest BCUT2D eigenvalue weighted by atomic mass is 9.45. The van der Waals surface area contributed by atoms with Gasteiger partial charge < -0.3 is 5.11 Å². The molecule has 76 valence electrons. The van der Waals surface area contributed by atoms with Gasteiger partial charge in [0, 0.05) is 0 Å². The lowest BCUT2D eigenvalue weighted by molar-refractivity contribution is -0.177. The Balaban J connectivity index is 2.37. The van der Waals surface area contributed by atoms with Gasteiger partial charge in [0.25, 0.3) is 0 Å². The zero-order valence-corrected chi connectivity index (χ0v) is 9.30. The van der Waals surface area contributed by atoms with Crippen molar-refractivity contribution in [2.75, 3.05) is 0 Å². The van der Waals surface area contributed by atoms with Crippen molar-refractivity contribution in [3.05, 3.63) is 0 Å². The second-order valence-electron chi connectivity index (χ2n) is 6.11. The van der Waals surface area contributed by atoms with E-state index in [1.165, 1.54) is 19.3 Å². The largest absolute Gasteiger partial charge is 0.392 e. The van der Waals surface area contributed by atoms with Gasteiger partial charge in [0.1, 0.15) is 0 Å². The van der Waals surface area contributed by atoms with Crippen molar-refractivity contribution in [3.8, 4) is 0 Å². The summed E-state index contributed by atoms with van der Waals surface area (Å²) >= 11 is 0. The highest BCUT2D eigenvalue weighted by molar-refractivity contribution is 5.07. The van der Waals surface area contributed by atoms with Crippen LogP contribution in [-0.2, 0) is 0 Å². The highest BCUT2D eigenvalue weighted by atomic mass is 16.3. The molecule has 3 fully saturated rings. The highest BCUT2D eigenvalue weighted by Crippen LogP contribution is 2.61. The molecule has 4 unspecified atom stereocenters. The molecule has 1 nitrogen and oxygen atoms in total. The molecule has 13 heavy (non-hydrogen) atoms. The fraction of sp³-hybridized carbons (Fsp3) is 1.00. The Morgan fingerprint density at radius 2 is 1.85 bits per heavy atom. The van der Waals surface area contributed by atoms with Crippen LogP contribution in [0.3, 0.4) is 0 Å². The second-order valence-corrected chi connectivity index (χ2v) is 6.11. The third kappa shape index (κ3) is 1.03. The molecule has 0 radical (unpaired) electrons.